The van der Waals surface area contributed by atoms with Gasteiger partial charge >= 0.3 is 0 Å². The third kappa shape index (κ3) is 3.98. The minimum Gasteiger partial charge on any atom is -0.507 e. The number of furan rings is 1. The number of carbonyl (C=O) groups excluding carboxylic acids is 2. The van der Waals surface area contributed by atoms with Gasteiger partial charge in [0, 0.05) is 16.3 Å². The summed E-state index contributed by atoms with van der Waals surface area (Å²) in [6.07, 6.45) is 1.48. The number of benzene rings is 2. The van der Waals surface area contributed by atoms with Gasteiger partial charge in [0.2, 0.25) is 0 Å². The zero-order valence-electron chi connectivity index (χ0n) is 19.3. The molecule has 4 rings (SSSR count). The van der Waals surface area contributed by atoms with E-state index >= 15 is 0 Å². The molecule has 5 nitrogen and oxygen atoms in total. The van der Waals surface area contributed by atoms with Crippen LogP contribution in [0.2, 0.25) is 5.02 Å². The number of nitrogens with zero attached hydrogens (tertiary/aromatic N) is 1. The summed E-state index contributed by atoms with van der Waals surface area (Å²) in [6, 6.07) is 13.4. The molecule has 1 aliphatic rings. The predicted molar refractivity (Wildman–Crippen MR) is 130 cm³/mol. The van der Waals surface area contributed by atoms with Crippen LogP contribution in [0.25, 0.3) is 5.76 Å². The van der Waals surface area contributed by atoms with Crippen molar-refractivity contribution in [2.45, 2.75) is 46.1 Å². The second kappa shape index (κ2) is 8.23. The van der Waals surface area contributed by atoms with Crippen LogP contribution in [0.3, 0.4) is 0 Å². The highest BCUT2D eigenvalue weighted by molar-refractivity contribution is 6.51. The first-order valence-electron chi connectivity index (χ1n) is 10.7. The van der Waals surface area contributed by atoms with Gasteiger partial charge in [-0.2, -0.15) is 0 Å². The molecule has 0 aliphatic carbocycles. The van der Waals surface area contributed by atoms with Gasteiger partial charge in [-0.15, -0.1) is 0 Å². The molecule has 170 valence electrons. The molecule has 1 fully saturated rings. The fourth-order valence-electron chi connectivity index (χ4n) is 4.17. The van der Waals surface area contributed by atoms with Crippen molar-refractivity contribution in [3.05, 3.63) is 93.4 Å². The monoisotopic (exact) mass is 463 g/mol. The maximum Gasteiger partial charge on any atom is 0.300 e. The molecule has 2 aromatic carbocycles. The van der Waals surface area contributed by atoms with Crippen molar-refractivity contribution < 1.29 is 19.1 Å². The van der Waals surface area contributed by atoms with Crippen LogP contribution in [0, 0.1) is 13.8 Å². The van der Waals surface area contributed by atoms with Gasteiger partial charge in [0.25, 0.3) is 11.7 Å². The first kappa shape index (κ1) is 22.9. The van der Waals surface area contributed by atoms with Crippen LogP contribution in [0.1, 0.15) is 54.8 Å². The zero-order valence-corrected chi connectivity index (χ0v) is 20.0. The van der Waals surface area contributed by atoms with Crippen molar-refractivity contribution in [2.24, 2.45) is 0 Å². The van der Waals surface area contributed by atoms with Crippen molar-refractivity contribution in [1.29, 1.82) is 0 Å². The van der Waals surface area contributed by atoms with Gasteiger partial charge in [-0.25, -0.2) is 0 Å². The summed E-state index contributed by atoms with van der Waals surface area (Å²) in [5.41, 5.74) is 3.42. The van der Waals surface area contributed by atoms with Crippen molar-refractivity contribution in [3.8, 4) is 0 Å². The van der Waals surface area contributed by atoms with Crippen molar-refractivity contribution in [3.63, 3.8) is 0 Å². The summed E-state index contributed by atoms with van der Waals surface area (Å²) in [7, 11) is 0. The Morgan fingerprint density at radius 1 is 1.03 bits per heavy atom. The molecule has 1 aliphatic heterocycles. The number of aliphatic hydroxyl groups is 1. The van der Waals surface area contributed by atoms with Gasteiger partial charge < -0.3 is 9.52 Å². The summed E-state index contributed by atoms with van der Waals surface area (Å²) in [6.45, 7) is 9.91. The topological polar surface area (TPSA) is 70.8 Å². The van der Waals surface area contributed by atoms with E-state index in [0.717, 1.165) is 16.7 Å². The normalized spacial score (nSPS) is 18.2. The first-order chi connectivity index (χ1) is 15.5. The molecular formula is C27H26ClNO4. The molecule has 1 unspecified atom stereocenters. The van der Waals surface area contributed by atoms with E-state index in [1.807, 2.05) is 32.0 Å². The average molecular weight is 464 g/mol. The Morgan fingerprint density at radius 2 is 1.76 bits per heavy atom. The lowest BCUT2D eigenvalue weighted by molar-refractivity contribution is -0.132. The number of anilines is 1. The summed E-state index contributed by atoms with van der Waals surface area (Å²) in [5, 5.41) is 12.0. The Kier molecular flexibility index (Phi) is 5.71. The standard InChI is InChI=1S/C27H26ClNO4/c1-15-8-9-17(27(3,4)5)14-19(15)24(30)22-23(21-7-6-12-33-21)29(26(32)25(22)31)20-11-10-18(28)13-16(20)2/h6-14,23,30H,1-5H3/b24-22+. The van der Waals surface area contributed by atoms with Crippen LogP contribution in [0.4, 0.5) is 5.69 Å². The average Bonchev–Trinajstić information content (AvgIpc) is 3.35. The van der Waals surface area contributed by atoms with Gasteiger partial charge in [-0.3, -0.25) is 14.5 Å². The molecule has 33 heavy (non-hydrogen) atoms. The van der Waals surface area contributed by atoms with Crippen LogP contribution < -0.4 is 4.90 Å². The molecule has 1 atom stereocenters. The van der Waals surface area contributed by atoms with E-state index < -0.39 is 17.7 Å². The van der Waals surface area contributed by atoms with Crippen molar-refractivity contribution in [1.82, 2.24) is 0 Å². The Morgan fingerprint density at radius 3 is 2.36 bits per heavy atom. The molecule has 0 saturated carbocycles. The molecule has 1 amide bonds. The molecule has 0 bridgehead atoms. The number of halogens is 1. The number of rotatable bonds is 3. The first-order valence-corrected chi connectivity index (χ1v) is 11.1. The van der Waals surface area contributed by atoms with Crippen LogP contribution in [-0.2, 0) is 15.0 Å². The Hall–Kier alpha value is -3.31. The lowest BCUT2D eigenvalue weighted by Gasteiger charge is -2.25. The molecular weight excluding hydrogens is 438 g/mol. The zero-order chi connectivity index (χ0) is 24.1. The van der Waals surface area contributed by atoms with Gasteiger partial charge in [0.05, 0.1) is 11.8 Å². The largest absolute Gasteiger partial charge is 0.507 e. The minimum absolute atomic E-state index is 0.00143. The van der Waals surface area contributed by atoms with E-state index in [4.69, 9.17) is 16.0 Å². The second-order valence-electron chi connectivity index (χ2n) is 9.40. The number of hydrogen-bond acceptors (Lipinski definition) is 4. The van der Waals surface area contributed by atoms with Crippen molar-refractivity contribution in [2.75, 3.05) is 4.90 Å². The van der Waals surface area contributed by atoms with Gasteiger partial charge in [0.1, 0.15) is 17.6 Å². The molecule has 6 heteroatoms. The Balaban J connectivity index is 1.97. The number of aryl methyl sites for hydroxylation is 2. The summed E-state index contributed by atoms with van der Waals surface area (Å²) < 4.78 is 5.64. The smallest absolute Gasteiger partial charge is 0.300 e. The van der Waals surface area contributed by atoms with Crippen LogP contribution in [-0.4, -0.2) is 16.8 Å². The molecule has 3 aromatic rings. The molecule has 2 heterocycles. The molecule has 1 saturated heterocycles. The van der Waals surface area contributed by atoms with E-state index in [1.54, 1.807) is 30.3 Å². The number of aliphatic hydroxyl groups excluding tert-OH is 1. The highest BCUT2D eigenvalue weighted by atomic mass is 35.5. The fraction of sp³-hybridized carbons (Fsp3) is 0.259. The third-order valence-corrected chi connectivity index (χ3v) is 6.27. The molecule has 0 spiro atoms. The fourth-order valence-corrected chi connectivity index (χ4v) is 4.40. The SMILES string of the molecule is Cc1ccc(C(C)(C)C)cc1/C(O)=C1\C(=O)C(=O)N(c2ccc(Cl)cc2C)C1c1ccco1. The van der Waals surface area contributed by atoms with Gasteiger partial charge in [-0.05, 0) is 72.4 Å². The Bertz CT molecular complexity index is 1280. The molecule has 1 N–H and O–H groups in total. The summed E-state index contributed by atoms with van der Waals surface area (Å²) >= 11 is 6.11. The van der Waals surface area contributed by atoms with Crippen LogP contribution in [0.15, 0.2) is 64.8 Å². The Labute approximate surface area is 198 Å². The number of amides is 1. The molecule has 1 aromatic heterocycles. The maximum atomic E-state index is 13.3. The maximum absolute atomic E-state index is 13.3. The predicted octanol–water partition coefficient (Wildman–Crippen LogP) is 6.47. The van der Waals surface area contributed by atoms with E-state index in [-0.39, 0.29) is 16.7 Å². The lowest BCUT2D eigenvalue weighted by atomic mass is 9.84. The van der Waals surface area contributed by atoms with Crippen LogP contribution >= 0.6 is 11.6 Å². The number of carbonyl (C=O) groups is 2. The lowest BCUT2D eigenvalue weighted by Crippen LogP contribution is -2.29. The highest BCUT2D eigenvalue weighted by Crippen LogP contribution is 2.44. The van der Waals surface area contributed by atoms with E-state index in [2.05, 4.69) is 20.8 Å². The highest BCUT2D eigenvalue weighted by Gasteiger charge is 2.48. The van der Waals surface area contributed by atoms with E-state index in [9.17, 15) is 14.7 Å². The second-order valence-corrected chi connectivity index (χ2v) is 9.83. The van der Waals surface area contributed by atoms with Crippen molar-refractivity contribution >= 4 is 34.7 Å². The number of Topliss-reactive ketones (excluding diaryl/α,β-unsaturated/α-hetero) is 1. The quantitative estimate of drug-likeness (QED) is 0.274. The van der Waals surface area contributed by atoms with Crippen LogP contribution in [0.5, 0.6) is 0 Å². The summed E-state index contributed by atoms with van der Waals surface area (Å²) in [5.74, 6) is -1.32. The number of hydrogen-bond donors (Lipinski definition) is 1. The molecule has 0 radical (unpaired) electrons. The van der Waals surface area contributed by atoms with E-state index in [0.29, 0.717) is 22.0 Å². The minimum atomic E-state index is -0.905. The summed E-state index contributed by atoms with van der Waals surface area (Å²) in [4.78, 5) is 27.9. The van der Waals surface area contributed by atoms with E-state index in [1.165, 1.54) is 11.2 Å². The third-order valence-electron chi connectivity index (χ3n) is 6.03. The number of ketones is 1. The van der Waals surface area contributed by atoms with Gasteiger partial charge in [0.15, 0.2) is 0 Å². The van der Waals surface area contributed by atoms with Gasteiger partial charge in [-0.1, -0.05) is 44.5 Å².